The Kier molecular flexibility index (Phi) is 4.74. The van der Waals surface area contributed by atoms with Crippen molar-refractivity contribution in [3.8, 4) is 17.0 Å². The van der Waals surface area contributed by atoms with Gasteiger partial charge >= 0.3 is 12.1 Å². The number of ether oxygens (including phenoxy) is 1. The molecule has 0 aliphatic rings. The van der Waals surface area contributed by atoms with E-state index in [9.17, 15) is 18.0 Å². The van der Waals surface area contributed by atoms with Gasteiger partial charge in [0, 0.05) is 10.6 Å². The van der Waals surface area contributed by atoms with E-state index < -0.39 is 24.1 Å². The number of hydrogen-bond acceptors (Lipinski definition) is 4. The molecule has 122 valence electrons. The fraction of sp³-hybridized carbons (Fsp3) is 0.214. The normalized spacial score (nSPS) is 12.7. The maximum absolute atomic E-state index is 12.7. The van der Waals surface area contributed by atoms with Crippen LogP contribution in [0.5, 0.6) is 5.75 Å². The summed E-state index contributed by atoms with van der Waals surface area (Å²) in [5, 5.41) is 9.35. The second-order valence-electron chi connectivity index (χ2n) is 4.52. The van der Waals surface area contributed by atoms with Gasteiger partial charge in [0.05, 0.1) is 6.20 Å². The first-order valence-electron chi connectivity index (χ1n) is 6.28. The van der Waals surface area contributed by atoms with Gasteiger partial charge in [-0.2, -0.15) is 13.2 Å². The molecule has 5 nitrogen and oxygen atoms in total. The molecule has 0 bridgehead atoms. The van der Waals surface area contributed by atoms with Crippen molar-refractivity contribution in [2.24, 2.45) is 0 Å². The van der Waals surface area contributed by atoms with Gasteiger partial charge < -0.3 is 9.84 Å². The van der Waals surface area contributed by atoms with Gasteiger partial charge in [-0.05, 0) is 19.1 Å². The summed E-state index contributed by atoms with van der Waals surface area (Å²) in [6, 6.07) is 5.97. The molecule has 0 saturated carbocycles. The van der Waals surface area contributed by atoms with Crippen LogP contribution >= 0.6 is 11.6 Å². The summed E-state index contributed by atoms with van der Waals surface area (Å²) in [5.74, 6) is -2.24. The third-order valence-electron chi connectivity index (χ3n) is 2.83. The Labute approximate surface area is 133 Å². The van der Waals surface area contributed by atoms with Crippen LogP contribution in [0.25, 0.3) is 11.3 Å². The van der Waals surface area contributed by atoms with Crippen molar-refractivity contribution in [2.45, 2.75) is 19.2 Å². The molecule has 2 aromatic rings. The van der Waals surface area contributed by atoms with E-state index >= 15 is 0 Å². The SMILES string of the molecule is C[C@H](Oc1cnc(C(=O)O)nc1-c1ccc(Cl)cc1)C(F)(F)F. The highest BCUT2D eigenvalue weighted by atomic mass is 35.5. The van der Waals surface area contributed by atoms with Gasteiger partial charge in [0.2, 0.25) is 5.82 Å². The Morgan fingerprint density at radius 3 is 2.43 bits per heavy atom. The highest BCUT2D eigenvalue weighted by Gasteiger charge is 2.38. The summed E-state index contributed by atoms with van der Waals surface area (Å²) in [6.45, 7) is 0.830. The molecule has 1 aromatic heterocycles. The van der Waals surface area contributed by atoms with Crippen LogP contribution in [-0.2, 0) is 0 Å². The number of aromatic carboxylic acids is 1. The lowest BCUT2D eigenvalue weighted by Crippen LogP contribution is -2.31. The molecule has 0 aliphatic heterocycles. The first-order valence-corrected chi connectivity index (χ1v) is 6.66. The third-order valence-corrected chi connectivity index (χ3v) is 3.08. The Balaban J connectivity index is 2.49. The van der Waals surface area contributed by atoms with E-state index in [1.54, 1.807) is 0 Å². The summed E-state index contributed by atoms with van der Waals surface area (Å²) in [4.78, 5) is 18.2. The average Bonchev–Trinajstić information content (AvgIpc) is 2.47. The smallest absolute Gasteiger partial charge is 0.425 e. The van der Waals surface area contributed by atoms with Gasteiger partial charge in [-0.1, -0.05) is 23.7 Å². The van der Waals surface area contributed by atoms with Crippen molar-refractivity contribution in [3.05, 3.63) is 41.3 Å². The molecule has 0 radical (unpaired) electrons. The Bertz CT molecular complexity index is 720. The van der Waals surface area contributed by atoms with Gasteiger partial charge in [-0.25, -0.2) is 14.8 Å². The van der Waals surface area contributed by atoms with E-state index in [0.717, 1.165) is 13.1 Å². The topological polar surface area (TPSA) is 72.3 Å². The van der Waals surface area contributed by atoms with E-state index in [1.807, 2.05) is 0 Å². The number of halogens is 4. The Morgan fingerprint density at radius 2 is 1.91 bits per heavy atom. The molecular weight excluding hydrogens is 337 g/mol. The number of nitrogens with zero attached hydrogens (tertiary/aromatic N) is 2. The number of hydrogen-bond donors (Lipinski definition) is 1. The Morgan fingerprint density at radius 1 is 1.30 bits per heavy atom. The van der Waals surface area contributed by atoms with Crippen LogP contribution in [0.3, 0.4) is 0 Å². The molecule has 0 amide bonds. The van der Waals surface area contributed by atoms with E-state index in [0.29, 0.717) is 10.6 Å². The lowest BCUT2D eigenvalue weighted by atomic mass is 10.1. The second kappa shape index (κ2) is 6.41. The van der Waals surface area contributed by atoms with Gasteiger partial charge in [-0.15, -0.1) is 0 Å². The summed E-state index contributed by atoms with van der Waals surface area (Å²) in [6.07, 6.45) is -5.78. The van der Waals surface area contributed by atoms with Gasteiger partial charge in [0.1, 0.15) is 5.69 Å². The maximum atomic E-state index is 12.7. The molecule has 0 aliphatic carbocycles. The van der Waals surface area contributed by atoms with Gasteiger partial charge in [-0.3, -0.25) is 0 Å². The van der Waals surface area contributed by atoms with Crippen LogP contribution < -0.4 is 4.74 Å². The third kappa shape index (κ3) is 4.10. The van der Waals surface area contributed by atoms with Gasteiger partial charge in [0.25, 0.3) is 0 Å². The Hall–Kier alpha value is -2.35. The second-order valence-corrected chi connectivity index (χ2v) is 4.96. The number of carboxylic acid groups (broad SMARTS) is 1. The van der Waals surface area contributed by atoms with Crippen LogP contribution in [0.2, 0.25) is 5.02 Å². The first-order chi connectivity index (χ1) is 10.7. The van der Waals surface area contributed by atoms with E-state index in [1.165, 1.54) is 24.3 Å². The van der Waals surface area contributed by atoms with Crippen molar-refractivity contribution in [2.75, 3.05) is 0 Å². The minimum absolute atomic E-state index is 0.0647. The molecule has 0 unspecified atom stereocenters. The minimum Gasteiger partial charge on any atom is -0.477 e. The molecule has 1 N–H and O–H groups in total. The first kappa shape index (κ1) is 17.0. The molecule has 0 saturated heterocycles. The highest BCUT2D eigenvalue weighted by Crippen LogP contribution is 2.32. The number of benzene rings is 1. The lowest BCUT2D eigenvalue weighted by Gasteiger charge is -2.19. The fourth-order valence-electron chi connectivity index (χ4n) is 1.63. The molecule has 0 spiro atoms. The summed E-state index contributed by atoms with van der Waals surface area (Å²) in [5.41, 5.74) is 0.286. The van der Waals surface area contributed by atoms with Gasteiger partial charge in [0.15, 0.2) is 11.9 Å². The lowest BCUT2D eigenvalue weighted by molar-refractivity contribution is -0.189. The molecule has 9 heteroatoms. The summed E-state index contributed by atoms with van der Waals surface area (Å²) < 4.78 is 42.8. The molecular formula is C14H10ClF3N2O3. The zero-order valence-electron chi connectivity index (χ0n) is 11.6. The molecule has 1 atom stereocenters. The number of alkyl halides is 3. The van der Waals surface area contributed by atoms with Crippen molar-refractivity contribution >= 4 is 17.6 Å². The van der Waals surface area contributed by atoms with Crippen molar-refractivity contribution in [1.82, 2.24) is 9.97 Å². The van der Waals surface area contributed by atoms with Crippen LogP contribution in [0.15, 0.2) is 30.5 Å². The molecule has 1 aromatic carbocycles. The van der Waals surface area contributed by atoms with Crippen LogP contribution in [0.1, 0.15) is 17.5 Å². The minimum atomic E-state index is -4.58. The summed E-state index contributed by atoms with van der Waals surface area (Å²) >= 11 is 5.76. The zero-order valence-corrected chi connectivity index (χ0v) is 12.4. The molecule has 0 fully saturated rings. The predicted molar refractivity (Wildman–Crippen MR) is 75.6 cm³/mol. The zero-order chi connectivity index (χ0) is 17.2. The maximum Gasteiger partial charge on any atom is 0.425 e. The van der Waals surface area contributed by atoms with Crippen molar-refractivity contribution < 1.29 is 27.8 Å². The van der Waals surface area contributed by atoms with Crippen molar-refractivity contribution in [1.29, 1.82) is 0 Å². The predicted octanol–water partition coefficient (Wildman–Crippen LogP) is 3.82. The number of carbonyl (C=O) groups is 1. The number of rotatable bonds is 4. The largest absolute Gasteiger partial charge is 0.477 e. The summed E-state index contributed by atoms with van der Waals surface area (Å²) in [7, 11) is 0. The van der Waals surface area contributed by atoms with E-state index in [4.69, 9.17) is 21.4 Å². The van der Waals surface area contributed by atoms with E-state index in [-0.39, 0.29) is 11.4 Å². The average molecular weight is 347 g/mol. The number of aromatic nitrogens is 2. The standard InChI is InChI=1S/C14H10ClF3N2O3/c1-7(14(16,17)18)23-10-6-19-12(13(21)22)20-11(10)8-2-4-9(15)5-3-8/h2-7H,1H3,(H,21,22)/t7-/m0/s1. The quantitative estimate of drug-likeness (QED) is 0.911. The van der Waals surface area contributed by atoms with Crippen LogP contribution in [-0.4, -0.2) is 33.3 Å². The monoisotopic (exact) mass is 346 g/mol. The van der Waals surface area contributed by atoms with Crippen molar-refractivity contribution in [3.63, 3.8) is 0 Å². The molecule has 23 heavy (non-hydrogen) atoms. The van der Waals surface area contributed by atoms with E-state index in [2.05, 4.69) is 9.97 Å². The molecule has 1 heterocycles. The highest BCUT2D eigenvalue weighted by molar-refractivity contribution is 6.30. The fourth-order valence-corrected chi connectivity index (χ4v) is 1.76. The van der Waals surface area contributed by atoms with Crippen LogP contribution in [0, 0.1) is 0 Å². The molecule has 2 rings (SSSR count). The van der Waals surface area contributed by atoms with Crippen LogP contribution in [0.4, 0.5) is 13.2 Å². The number of carboxylic acids is 1.